The molecule has 128 valence electrons. The molecule has 25 heavy (non-hydrogen) atoms. The van der Waals surface area contributed by atoms with Crippen molar-refractivity contribution in [2.45, 2.75) is 33.8 Å². The average molecular weight is 337 g/mol. The summed E-state index contributed by atoms with van der Waals surface area (Å²) in [6, 6.07) is 7.54. The van der Waals surface area contributed by atoms with Crippen molar-refractivity contribution in [3.05, 3.63) is 64.8 Å². The fraction of sp³-hybridized carbons (Fsp3) is 0.263. The van der Waals surface area contributed by atoms with Crippen molar-refractivity contribution in [2.75, 3.05) is 0 Å². The number of benzene rings is 1. The molecule has 0 saturated carbocycles. The molecule has 1 atom stereocenters. The van der Waals surface area contributed by atoms with Crippen molar-refractivity contribution >= 4 is 5.97 Å². The molecule has 1 aromatic carbocycles. The average Bonchev–Trinajstić information content (AvgIpc) is 3.04. The topological polar surface area (TPSA) is 78.1 Å². The van der Waals surface area contributed by atoms with Crippen LogP contribution < -0.4 is 0 Å². The van der Waals surface area contributed by atoms with Gasteiger partial charge in [0, 0.05) is 18.0 Å². The Labute approximate surface area is 145 Å². The van der Waals surface area contributed by atoms with Gasteiger partial charge in [0.05, 0.1) is 5.56 Å². The molecular weight excluding hydrogens is 318 g/mol. The Morgan fingerprint density at radius 3 is 2.56 bits per heavy atom. The van der Waals surface area contributed by atoms with Gasteiger partial charge in [-0.05, 0) is 51.0 Å². The molecule has 0 aliphatic heterocycles. The van der Waals surface area contributed by atoms with Gasteiger partial charge in [-0.15, -0.1) is 0 Å². The number of aryl methyl sites for hydroxylation is 3. The molecule has 0 fully saturated rings. The molecule has 6 heteroatoms. The van der Waals surface area contributed by atoms with Crippen LogP contribution >= 0.6 is 0 Å². The van der Waals surface area contributed by atoms with E-state index < -0.39 is 12.1 Å². The molecule has 0 radical (unpaired) electrons. The van der Waals surface area contributed by atoms with Crippen LogP contribution in [0.4, 0.5) is 0 Å². The molecule has 0 spiro atoms. The SMILES string of the molecule is Cc1cc(C)c(C(=O)OC(C)c2nc(-c3cccnc3)no2)c(C)c1. The first-order chi connectivity index (χ1) is 12.0. The minimum absolute atomic E-state index is 0.245. The van der Waals surface area contributed by atoms with E-state index in [-0.39, 0.29) is 5.89 Å². The first-order valence-corrected chi connectivity index (χ1v) is 7.98. The fourth-order valence-electron chi connectivity index (χ4n) is 2.78. The molecule has 2 heterocycles. The lowest BCUT2D eigenvalue weighted by Crippen LogP contribution is -2.12. The second kappa shape index (κ2) is 6.84. The number of ether oxygens (including phenoxy) is 1. The van der Waals surface area contributed by atoms with E-state index in [1.165, 1.54) is 0 Å². The Kier molecular flexibility index (Phi) is 4.61. The van der Waals surface area contributed by atoms with Crippen molar-refractivity contribution < 1.29 is 14.1 Å². The molecule has 1 unspecified atom stereocenters. The number of carbonyl (C=O) groups excluding carboxylic acids is 1. The summed E-state index contributed by atoms with van der Waals surface area (Å²) in [6.07, 6.45) is 2.66. The third-order valence-corrected chi connectivity index (χ3v) is 3.87. The lowest BCUT2D eigenvalue weighted by molar-refractivity contribution is 0.0264. The zero-order chi connectivity index (χ0) is 18.0. The van der Waals surface area contributed by atoms with Crippen LogP contribution in [0.5, 0.6) is 0 Å². The van der Waals surface area contributed by atoms with E-state index >= 15 is 0 Å². The van der Waals surface area contributed by atoms with E-state index in [0.29, 0.717) is 11.4 Å². The summed E-state index contributed by atoms with van der Waals surface area (Å²) >= 11 is 0. The van der Waals surface area contributed by atoms with E-state index in [1.54, 1.807) is 25.4 Å². The summed E-state index contributed by atoms with van der Waals surface area (Å²) in [7, 11) is 0. The minimum Gasteiger partial charge on any atom is -0.449 e. The van der Waals surface area contributed by atoms with Gasteiger partial charge in [0.15, 0.2) is 6.10 Å². The monoisotopic (exact) mass is 337 g/mol. The minimum atomic E-state index is -0.648. The number of pyridine rings is 1. The van der Waals surface area contributed by atoms with Gasteiger partial charge in [0.25, 0.3) is 5.89 Å². The van der Waals surface area contributed by atoms with Gasteiger partial charge in [0.1, 0.15) is 0 Å². The van der Waals surface area contributed by atoms with Crippen molar-refractivity contribution in [3.8, 4) is 11.4 Å². The predicted molar refractivity (Wildman–Crippen MR) is 92.0 cm³/mol. The molecule has 0 N–H and O–H groups in total. The number of esters is 1. The molecule has 0 aliphatic rings. The normalized spacial score (nSPS) is 12.0. The van der Waals surface area contributed by atoms with Crippen molar-refractivity contribution in [1.82, 2.24) is 15.1 Å². The van der Waals surface area contributed by atoms with Gasteiger partial charge in [0.2, 0.25) is 5.82 Å². The Balaban J connectivity index is 1.78. The highest BCUT2D eigenvalue weighted by Gasteiger charge is 2.22. The Bertz CT molecular complexity index is 880. The number of hydrogen-bond donors (Lipinski definition) is 0. The van der Waals surface area contributed by atoms with Crippen LogP contribution in [0.3, 0.4) is 0 Å². The van der Waals surface area contributed by atoms with E-state index in [0.717, 1.165) is 22.3 Å². The molecule has 0 aliphatic carbocycles. The zero-order valence-corrected chi connectivity index (χ0v) is 14.6. The molecule has 3 aromatic rings. The van der Waals surface area contributed by atoms with Crippen LogP contribution in [0.2, 0.25) is 0 Å². The van der Waals surface area contributed by atoms with Crippen LogP contribution in [0.15, 0.2) is 41.2 Å². The lowest BCUT2D eigenvalue weighted by atomic mass is 10.00. The summed E-state index contributed by atoms with van der Waals surface area (Å²) in [5.41, 5.74) is 4.19. The van der Waals surface area contributed by atoms with Crippen molar-refractivity contribution in [3.63, 3.8) is 0 Å². The molecule has 2 aromatic heterocycles. The summed E-state index contributed by atoms with van der Waals surface area (Å²) in [5.74, 6) is 0.256. The van der Waals surface area contributed by atoms with Gasteiger partial charge < -0.3 is 9.26 Å². The van der Waals surface area contributed by atoms with Gasteiger partial charge >= 0.3 is 5.97 Å². The van der Waals surface area contributed by atoms with Gasteiger partial charge in [-0.1, -0.05) is 22.9 Å². The van der Waals surface area contributed by atoms with Crippen molar-refractivity contribution in [2.24, 2.45) is 0 Å². The van der Waals surface area contributed by atoms with E-state index in [1.807, 2.05) is 39.0 Å². The second-order valence-electron chi connectivity index (χ2n) is 6.02. The maximum atomic E-state index is 12.5. The maximum Gasteiger partial charge on any atom is 0.339 e. The molecule has 0 saturated heterocycles. The maximum absolute atomic E-state index is 12.5. The lowest BCUT2D eigenvalue weighted by Gasteiger charge is -2.13. The predicted octanol–water partition coefficient (Wildman–Crippen LogP) is 3.97. The van der Waals surface area contributed by atoms with Crippen LogP contribution in [-0.2, 0) is 4.74 Å². The largest absolute Gasteiger partial charge is 0.449 e. The summed E-state index contributed by atoms with van der Waals surface area (Å²) in [6.45, 7) is 7.50. The summed E-state index contributed by atoms with van der Waals surface area (Å²) < 4.78 is 10.8. The number of hydrogen-bond acceptors (Lipinski definition) is 6. The fourth-order valence-corrected chi connectivity index (χ4v) is 2.78. The zero-order valence-electron chi connectivity index (χ0n) is 14.6. The highest BCUT2D eigenvalue weighted by atomic mass is 16.6. The van der Waals surface area contributed by atoms with Gasteiger partial charge in [-0.3, -0.25) is 4.98 Å². The highest BCUT2D eigenvalue weighted by Crippen LogP contribution is 2.23. The second-order valence-corrected chi connectivity index (χ2v) is 6.02. The Morgan fingerprint density at radius 1 is 1.20 bits per heavy atom. The first kappa shape index (κ1) is 16.8. The Morgan fingerprint density at radius 2 is 1.92 bits per heavy atom. The van der Waals surface area contributed by atoms with Crippen molar-refractivity contribution in [1.29, 1.82) is 0 Å². The smallest absolute Gasteiger partial charge is 0.339 e. The quantitative estimate of drug-likeness (QED) is 0.670. The van der Waals surface area contributed by atoms with E-state index in [2.05, 4.69) is 15.1 Å². The van der Waals surface area contributed by atoms with E-state index in [9.17, 15) is 4.79 Å². The summed E-state index contributed by atoms with van der Waals surface area (Å²) in [5, 5.41) is 3.92. The molecule has 6 nitrogen and oxygen atoms in total. The first-order valence-electron chi connectivity index (χ1n) is 7.98. The number of carbonyl (C=O) groups is 1. The van der Waals surface area contributed by atoms with Gasteiger partial charge in [-0.2, -0.15) is 4.98 Å². The summed E-state index contributed by atoms with van der Waals surface area (Å²) in [4.78, 5) is 20.8. The number of aromatic nitrogens is 3. The highest BCUT2D eigenvalue weighted by molar-refractivity contribution is 5.92. The molecule has 0 amide bonds. The Hall–Kier alpha value is -3.02. The third-order valence-electron chi connectivity index (χ3n) is 3.87. The number of nitrogens with zero attached hydrogens (tertiary/aromatic N) is 3. The molecular formula is C19H19N3O3. The van der Waals surface area contributed by atoms with Crippen LogP contribution in [0, 0.1) is 20.8 Å². The molecule has 3 rings (SSSR count). The van der Waals surface area contributed by atoms with Crippen LogP contribution in [0.25, 0.3) is 11.4 Å². The van der Waals surface area contributed by atoms with Crippen LogP contribution in [-0.4, -0.2) is 21.1 Å². The number of rotatable bonds is 4. The van der Waals surface area contributed by atoms with Crippen LogP contribution in [0.1, 0.15) is 46.0 Å². The van der Waals surface area contributed by atoms with Gasteiger partial charge in [-0.25, -0.2) is 4.79 Å². The van der Waals surface area contributed by atoms with E-state index in [4.69, 9.17) is 9.26 Å². The third kappa shape index (κ3) is 3.57. The standard InChI is InChI=1S/C19H19N3O3/c1-11-8-12(2)16(13(3)9-11)19(23)24-14(4)18-21-17(22-25-18)15-6-5-7-20-10-15/h5-10,14H,1-4H3. The molecule has 0 bridgehead atoms.